The number of Topliss-reactive ketones (excluding diaryl/α,β-unsaturated/α-hetero) is 1. The van der Waals surface area contributed by atoms with Crippen LogP contribution in [0.4, 0.5) is 0 Å². The van der Waals surface area contributed by atoms with Gasteiger partial charge in [0.05, 0.1) is 0 Å². The standard InChI is InChI=1S/C13H22O2/c1-3-10(2)9-12(14)13(15)11-7-5-4-6-8-11/h11,13,15H,2-9H2,1H3. The fourth-order valence-corrected chi connectivity index (χ4v) is 2.19. The van der Waals surface area contributed by atoms with Crippen LogP contribution < -0.4 is 0 Å². The van der Waals surface area contributed by atoms with Crippen molar-refractivity contribution in [2.24, 2.45) is 5.92 Å². The number of carbonyl (C=O) groups excluding carboxylic acids is 1. The van der Waals surface area contributed by atoms with E-state index in [4.69, 9.17) is 0 Å². The number of hydrogen-bond donors (Lipinski definition) is 1. The fraction of sp³-hybridized carbons (Fsp3) is 0.769. The van der Waals surface area contributed by atoms with Crippen LogP contribution in [0.5, 0.6) is 0 Å². The summed E-state index contributed by atoms with van der Waals surface area (Å²) in [7, 11) is 0. The van der Waals surface area contributed by atoms with Crippen LogP contribution in [-0.4, -0.2) is 17.0 Å². The topological polar surface area (TPSA) is 37.3 Å². The van der Waals surface area contributed by atoms with Gasteiger partial charge in [-0.25, -0.2) is 0 Å². The lowest BCUT2D eigenvalue weighted by Gasteiger charge is -2.25. The lowest BCUT2D eigenvalue weighted by Crippen LogP contribution is -2.31. The van der Waals surface area contributed by atoms with E-state index in [1.807, 2.05) is 6.92 Å². The van der Waals surface area contributed by atoms with E-state index in [0.29, 0.717) is 6.42 Å². The molecule has 0 bridgehead atoms. The first kappa shape index (κ1) is 12.4. The molecule has 0 radical (unpaired) electrons. The normalized spacial score (nSPS) is 19.9. The van der Waals surface area contributed by atoms with E-state index in [1.165, 1.54) is 6.42 Å². The molecule has 1 N–H and O–H groups in total. The highest BCUT2D eigenvalue weighted by atomic mass is 16.3. The van der Waals surface area contributed by atoms with E-state index in [0.717, 1.165) is 37.7 Å². The molecule has 1 atom stereocenters. The Morgan fingerprint density at radius 3 is 2.53 bits per heavy atom. The molecular weight excluding hydrogens is 188 g/mol. The minimum Gasteiger partial charge on any atom is -0.385 e. The molecular formula is C13H22O2. The van der Waals surface area contributed by atoms with Crippen LogP contribution in [0.1, 0.15) is 51.9 Å². The average Bonchev–Trinajstić information content (AvgIpc) is 2.29. The average molecular weight is 210 g/mol. The molecule has 1 aliphatic rings. The van der Waals surface area contributed by atoms with Gasteiger partial charge in [-0.3, -0.25) is 4.79 Å². The van der Waals surface area contributed by atoms with Gasteiger partial charge in [-0.15, -0.1) is 0 Å². The molecule has 0 heterocycles. The van der Waals surface area contributed by atoms with Crippen molar-refractivity contribution in [3.05, 3.63) is 12.2 Å². The van der Waals surface area contributed by atoms with E-state index >= 15 is 0 Å². The Morgan fingerprint density at radius 2 is 2.00 bits per heavy atom. The number of aliphatic hydroxyl groups excluding tert-OH is 1. The van der Waals surface area contributed by atoms with Gasteiger partial charge in [0.2, 0.25) is 0 Å². The van der Waals surface area contributed by atoms with Gasteiger partial charge in [0, 0.05) is 6.42 Å². The molecule has 1 saturated carbocycles. The maximum absolute atomic E-state index is 11.7. The molecule has 2 heteroatoms. The molecule has 86 valence electrons. The van der Waals surface area contributed by atoms with Crippen molar-refractivity contribution >= 4 is 5.78 Å². The van der Waals surface area contributed by atoms with Crippen LogP contribution in [0, 0.1) is 5.92 Å². The van der Waals surface area contributed by atoms with Crippen molar-refractivity contribution in [2.45, 2.75) is 58.0 Å². The third kappa shape index (κ3) is 3.78. The first-order chi connectivity index (χ1) is 7.15. The Morgan fingerprint density at radius 1 is 1.40 bits per heavy atom. The van der Waals surface area contributed by atoms with Gasteiger partial charge >= 0.3 is 0 Å². The molecule has 1 fully saturated rings. The van der Waals surface area contributed by atoms with E-state index < -0.39 is 6.10 Å². The van der Waals surface area contributed by atoms with Crippen LogP contribution in [0.2, 0.25) is 0 Å². The molecule has 0 spiro atoms. The summed E-state index contributed by atoms with van der Waals surface area (Å²) in [6.45, 7) is 5.80. The van der Waals surface area contributed by atoms with Crippen molar-refractivity contribution < 1.29 is 9.90 Å². The van der Waals surface area contributed by atoms with E-state index in [1.54, 1.807) is 0 Å². The molecule has 15 heavy (non-hydrogen) atoms. The van der Waals surface area contributed by atoms with Gasteiger partial charge in [0.25, 0.3) is 0 Å². The summed E-state index contributed by atoms with van der Waals surface area (Å²) in [6, 6.07) is 0. The number of ketones is 1. The van der Waals surface area contributed by atoms with Gasteiger partial charge in [0.1, 0.15) is 6.10 Å². The van der Waals surface area contributed by atoms with Crippen molar-refractivity contribution in [2.75, 3.05) is 0 Å². The summed E-state index contributed by atoms with van der Waals surface area (Å²) < 4.78 is 0. The Bertz CT molecular complexity index is 227. The van der Waals surface area contributed by atoms with Crippen LogP contribution in [-0.2, 0) is 4.79 Å². The summed E-state index contributed by atoms with van der Waals surface area (Å²) in [6.07, 6.45) is 6.01. The maximum atomic E-state index is 11.7. The van der Waals surface area contributed by atoms with E-state index in [9.17, 15) is 9.90 Å². The van der Waals surface area contributed by atoms with Crippen molar-refractivity contribution in [3.63, 3.8) is 0 Å². The summed E-state index contributed by atoms with van der Waals surface area (Å²) in [5, 5.41) is 9.90. The zero-order valence-corrected chi connectivity index (χ0v) is 9.67. The second-order valence-corrected chi connectivity index (χ2v) is 4.59. The first-order valence-corrected chi connectivity index (χ1v) is 6.02. The monoisotopic (exact) mass is 210 g/mol. The second kappa shape index (κ2) is 6.06. The Kier molecular flexibility index (Phi) is 5.03. The van der Waals surface area contributed by atoms with Gasteiger partial charge in [0.15, 0.2) is 5.78 Å². The Balaban J connectivity index is 2.40. The third-order valence-electron chi connectivity index (χ3n) is 3.35. The lowest BCUT2D eigenvalue weighted by atomic mass is 9.83. The molecule has 0 saturated heterocycles. The minimum atomic E-state index is -0.742. The first-order valence-electron chi connectivity index (χ1n) is 6.02. The summed E-state index contributed by atoms with van der Waals surface area (Å²) in [5.74, 6) is 0.171. The second-order valence-electron chi connectivity index (χ2n) is 4.59. The number of allylic oxidation sites excluding steroid dienone is 1. The van der Waals surface area contributed by atoms with Crippen molar-refractivity contribution in [3.8, 4) is 0 Å². The van der Waals surface area contributed by atoms with Gasteiger partial charge in [-0.1, -0.05) is 38.3 Å². The number of hydrogen-bond acceptors (Lipinski definition) is 2. The minimum absolute atomic E-state index is 0.0336. The van der Waals surface area contributed by atoms with Crippen molar-refractivity contribution in [1.29, 1.82) is 0 Å². The molecule has 1 unspecified atom stereocenters. The molecule has 0 amide bonds. The van der Waals surface area contributed by atoms with Crippen LogP contribution in [0.25, 0.3) is 0 Å². The fourth-order valence-electron chi connectivity index (χ4n) is 2.19. The smallest absolute Gasteiger partial charge is 0.165 e. The maximum Gasteiger partial charge on any atom is 0.165 e. The van der Waals surface area contributed by atoms with E-state index in [-0.39, 0.29) is 11.7 Å². The lowest BCUT2D eigenvalue weighted by molar-refractivity contribution is -0.129. The molecule has 2 nitrogen and oxygen atoms in total. The molecule has 1 rings (SSSR count). The molecule has 0 aromatic carbocycles. The van der Waals surface area contributed by atoms with Crippen LogP contribution in [0.3, 0.4) is 0 Å². The molecule has 0 aromatic rings. The summed E-state index contributed by atoms with van der Waals surface area (Å²) >= 11 is 0. The number of aliphatic hydroxyl groups is 1. The van der Waals surface area contributed by atoms with Crippen LogP contribution in [0.15, 0.2) is 12.2 Å². The van der Waals surface area contributed by atoms with Gasteiger partial charge < -0.3 is 5.11 Å². The highest BCUT2D eigenvalue weighted by Gasteiger charge is 2.27. The quantitative estimate of drug-likeness (QED) is 0.708. The Hall–Kier alpha value is -0.630. The van der Waals surface area contributed by atoms with Crippen LogP contribution >= 0.6 is 0 Å². The highest BCUT2D eigenvalue weighted by Crippen LogP contribution is 2.27. The number of rotatable bonds is 5. The van der Waals surface area contributed by atoms with E-state index in [2.05, 4.69) is 6.58 Å². The number of carbonyl (C=O) groups is 1. The molecule has 0 aliphatic heterocycles. The van der Waals surface area contributed by atoms with Gasteiger partial charge in [-0.05, 0) is 25.2 Å². The summed E-state index contributed by atoms with van der Waals surface area (Å²) in [4.78, 5) is 11.7. The largest absolute Gasteiger partial charge is 0.385 e. The third-order valence-corrected chi connectivity index (χ3v) is 3.35. The zero-order chi connectivity index (χ0) is 11.3. The molecule has 1 aliphatic carbocycles. The molecule has 0 aromatic heterocycles. The van der Waals surface area contributed by atoms with Crippen molar-refractivity contribution in [1.82, 2.24) is 0 Å². The highest BCUT2D eigenvalue weighted by molar-refractivity contribution is 5.85. The SMILES string of the molecule is C=C(CC)CC(=O)C(O)C1CCCCC1. The predicted molar refractivity (Wildman–Crippen MR) is 61.6 cm³/mol. The predicted octanol–water partition coefficient (Wildman–Crippen LogP) is 2.85. The van der Waals surface area contributed by atoms with Gasteiger partial charge in [-0.2, -0.15) is 0 Å². The zero-order valence-electron chi connectivity index (χ0n) is 9.67. The Labute approximate surface area is 92.4 Å². The summed E-state index contributed by atoms with van der Waals surface area (Å²) in [5.41, 5.74) is 0.926.